The molecule has 3 N–H and O–H groups in total. The van der Waals surface area contributed by atoms with Crippen molar-refractivity contribution in [3.05, 3.63) is 62.8 Å². The van der Waals surface area contributed by atoms with Gasteiger partial charge >= 0.3 is 0 Å². The van der Waals surface area contributed by atoms with Crippen LogP contribution in [0.4, 0.5) is 5.69 Å². The Morgan fingerprint density at radius 3 is 2.72 bits per heavy atom. The summed E-state index contributed by atoms with van der Waals surface area (Å²) in [5.74, 6) is 0.256. The van der Waals surface area contributed by atoms with E-state index >= 15 is 0 Å². The summed E-state index contributed by atoms with van der Waals surface area (Å²) in [6.45, 7) is 3.91. The topological polar surface area (TPSA) is 104 Å². The van der Waals surface area contributed by atoms with Gasteiger partial charge in [-0.25, -0.2) is 4.98 Å². The van der Waals surface area contributed by atoms with Crippen LogP contribution in [0.25, 0.3) is 11.2 Å². The first-order valence-corrected chi connectivity index (χ1v) is 11.1. The molecule has 9 nitrogen and oxygen atoms in total. The van der Waals surface area contributed by atoms with Crippen LogP contribution in [-0.4, -0.2) is 56.8 Å². The van der Waals surface area contributed by atoms with Crippen molar-refractivity contribution in [2.24, 2.45) is 0 Å². The zero-order chi connectivity index (χ0) is 22.2. The van der Waals surface area contributed by atoms with Gasteiger partial charge in [0, 0.05) is 38.8 Å². The van der Waals surface area contributed by atoms with Crippen LogP contribution in [0.3, 0.4) is 0 Å². The van der Waals surface area contributed by atoms with Crippen molar-refractivity contribution in [3.63, 3.8) is 0 Å². The number of anilines is 1. The van der Waals surface area contributed by atoms with Crippen LogP contribution in [0.15, 0.2) is 46.1 Å². The van der Waals surface area contributed by atoms with Gasteiger partial charge in [0.15, 0.2) is 0 Å². The Kier molecular flexibility index (Phi) is 5.44. The third-order valence-electron chi connectivity index (χ3n) is 6.65. The van der Waals surface area contributed by atoms with Crippen LogP contribution in [-0.2, 0) is 13.1 Å². The number of nitrogens with zero attached hydrogens (tertiary/aromatic N) is 4. The number of phenols is 1. The normalized spacial score (nSPS) is 19.0. The second kappa shape index (κ2) is 8.40. The van der Waals surface area contributed by atoms with E-state index < -0.39 is 0 Å². The number of benzene rings is 1. The molecule has 2 aromatic heterocycles. The number of hydrogen-bond acceptors (Lipinski definition) is 7. The van der Waals surface area contributed by atoms with Crippen molar-refractivity contribution in [1.29, 1.82) is 0 Å². The fourth-order valence-corrected chi connectivity index (χ4v) is 4.94. The molecule has 1 aromatic carbocycles. The third kappa shape index (κ3) is 3.78. The summed E-state index contributed by atoms with van der Waals surface area (Å²) in [5, 5.41) is 16.4. The summed E-state index contributed by atoms with van der Waals surface area (Å²) >= 11 is 0. The van der Waals surface area contributed by atoms with Gasteiger partial charge in [0.2, 0.25) is 0 Å². The zero-order valence-electron chi connectivity index (χ0n) is 18.1. The highest BCUT2D eigenvalue weighted by atomic mass is 16.3. The molecule has 168 valence electrons. The first kappa shape index (κ1) is 20.7. The maximum Gasteiger partial charge on any atom is 0.270 e. The van der Waals surface area contributed by atoms with Crippen molar-refractivity contribution >= 4 is 16.9 Å². The molecule has 0 saturated carbocycles. The molecule has 0 amide bonds. The number of piperidine rings is 1. The Morgan fingerprint density at radius 2 is 1.94 bits per heavy atom. The van der Waals surface area contributed by atoms with Gasteiger partial charge in [0.25, 0.3) is 11.1 Å². The van der Waals surface area contributed by atoms with E-state index in [1.165, 1.54) is 12.3 Å². The molecule has 3 aromatic rings. The summed E-state index contributed by atoms with van der Waals surface area (Å²) in [6.07, 6.45) is 3.41. The number of aromatic nitrogens is 3. The summed E-state index contributed by atoms with van der Waals surface area (Å²) in [4.78, 5) is 31.4. The van der Waals surface area contributed by atoms with Crippen LogP contribution in [0.2, 0.25) is 0 Å². The smallest absolute Gasteiger partial charge is 0.270 e. The number of hydrogen-bond donors (Lipinski definition) is 3. The highest BCUT2D eigenvalue weighted by molar-refractivity contribution is 5.71. The first-order valence-electron chi connectivity index (χ1n) is 11.1. The number of pyridine rings is 1. The Labute approximate surface area is 185 Å². The number of rotatable bonds is 6. The van der Waals surface area contributed by atoms with Crippen LogP contribution >= 0.6 is 0 Å². The minimum Gasteiger partial charge on any atom is -0.506 e. The van der Waals surface area contributed by atoms with E-state index in [0.717, 1.165) is 50.3 Å². The molecule has 4 heterocycles. The average molecular weight is 437 g/mol. The van der Waals surface area contributed by atoms with Crippen LogP contribution < -0.4 is 21.8 Å². The van der Waals surface area contributed by atoms with Gasteiger partial charge in [-0.3, -0.25) is 18.7 Å². The minimum atomic E-state index is -0.147. The number of nitrogens with one attached hydrogen (secondary N) is 2. The van der Waals surface area contributed by atoms with Crippen LogP contribution in [0.5, 0.6) is 5.75 Å². The first-order chi connectivity index (χ1) is 15.5. The molecule has 9 heteroatoms. The largest absolute Gasteiger partial charge is 0.506 e. The monoisotopic (exact) mass is 436 g/mol. The van der Waals surface area contributed by atoms with Gasteiger partial charge in [-0.05, 0) is 49.7 Å². The predicted octanol–water partition coefficient (Wildman–Crippen LogP) is 1.11. The van der Waals surface area contributed by atoms with E-state index in [1.54, 1.807) is 28.3 Å². The lowest BCUT2D eigenvalue weighted by Crippen LogP contribution is -2.44. The van der Waals surface area contributed by atoms with Crippen LogP contribution in [0, 0.1) is 0 Å². The van der Waals surface area contributed by atoms with Gasteiger partial charge < -0.3 is 20.6 Å². The molecule has 1 unspecified atom stereocenters. The lowest BCUT2D eigenvalue weighted by Gasteiger charge is -2.34. The Morgan fingerprint density at radius 1 is 1.12 bits per heavy atom. The molecule has 1 saturated heterocycles. The van der Waals surface area contributed by atoms with E-state index in [-0.39, 0.29) is 22.9 Å². The second-order valence-electron chi connectivity index (χ2n) is 8.67. The van der Waals surface area contributed by atoms with E-state index in [4.69, 9.17) is 0 Å². The molecule has 2 aliphatic heterocycles. The van der Waals surface area contributed by atoms with Crippen molar-refractivity contribution < 1.29 is 5.11 Å². The third-order valence-corrected chi connectivity index (χ3v) is 6.65. The van der Waals surface area contributed by atoms with Gasteiger partial charge in [-0.1, -0.05) is 6.07 Å². The SMILES string of the molecule is CNc1cc(CNC2CCN(CC3Cn4c(=O)ccc5ncc(=O)n3c54)CC2)ccc1O. The van der Waals surface area contributed by atoms with E-state index in [1.807, 2.05) is 12.1 Å². The average Bonchev–Trinajstić information content (AvgIpc) is 3.19. The van der Waals surface area contributed by atoms with Gasteiger partial charge in [0.1, 0.15) is 16.9 Å². The number of likely N-dealkylation sites (tertiary alicyclic amines) is 1. The quantitative estimate of drug-likeness (QED) is 0.498. The fourth-order valence-electron chi connectivity index (χ4n) is 4.94. The summed E-state index contributed by atoms with van der Waals surface area (Å²) in [7, 11) is 1.80. The molecule has 0 spiro atoms. The Hall–Kier alpha value is -3.17. The van der Waals surface area contributed by atoms with Gasteiger partial charge in [-0.15, -0.1) is 0 Å². The molecule has 0 aliphatic carbocycles. The Bertz CT molecular complexity index is 1250. The fraction of sp³-hybridized carbons (Fsp3) is 0.435. The maximum absolute atomic E-state index is 12.5. The molecule has 0 bridgehead atoms. The highest BCUT2D eigenvalue weighted by Gasteiger charge is 2.29. The molecule has 0 radical (unpaired) electrons. The number of aromatic hydroxyl groups is 1. The minimum absolute atomic E-state index is 0.0513. The Balaban J connectivity index is 1.20. The van der Waals surface area contributed by atoms with Crippen LogP contribution in [0.1, 0.15) is 24.4 Å². The van der Waals surface area contributed by atoms with Crippen molar-refractivity contribution in [2.45, 2.75) is 38.0 Å². The molecule has 1 atom stereocenters. The van der Waals surface area contributed by atoms with Gasteiger partial charge in [-0.2, -0.15) is 0 Å². The summed E-state index contributed by atoms with van der Waals surface area (Å²) in [6, 6.07) is 9.21. The van der Waals surface area contributed by atoms with Gasteiger partial charge in [0.05, 0.1) is 17.9 Å². The predicted molar refractivity (Wildman–Crippen MR) is 123 cm³/mol. The molecule has 5 rings (SSSR count). The molecule has 2 aliphatic rings. The standard InChI is InChI=1S/C23H28N6O3/c1-24-19-10-15(2-4-20(19)30)11-25-16-6-8-27(9-7-16)13-17-14-28-21(31)5-3-18-23(28)29(17)22(32)12-26-18/h2-5,10,12,16-17,24-25,30H,6-9,11,13-14H2,1H3. The lowest BCUT2D eigenvalue weighted by molar-refractivity contribution is 0.171. The molecular formula is C23H28N6O3. The van der Waals surface area contributed by atoms with E-state index in [9.17, 15) is 14.7 Å². The maximum atomic E-state index is 12.5. The number of phenolic OH excluding ortho intramolecular Hbond substituents is 1. The second-order valence-corrected chi connectivity index (χ2v) is 8.67. The zero-order valence-corrected chi connectivity index (χ0v) is 18.1. The highest BCUT2D eigenvalue weighted by Crippen LogP contribution is 2.25. The summed E-state index contributed by atoms with van der Waals surface area (Å²) in [5.41, 5.74) is 2.96. The lowest BCUT2D eigenvalue weighted by atomic mass is 10.0. The molecular weight excluding hydrogens is 408 g/mol. The summed E-state index contributed by atoms with van der Waals surface area (Å²) < 4.78 is 3.43. The van der Waals surface area contributed by atoms with E-state index in [0.29, 0.717) is 23.8 Å². The molecule has 32 heavy (non-hydrogen) atoms. The van der Waals surface area contributed by atoms with Crippen molar-refractivity contribution in [3.8, 4) is 5.75 Å². The van der Waals surface area contributed by atoms with E-state index in [2.05, 4.69) is 20.5 Å². The van der Waals surface area contributed by atoms with Crippen molar-refractivity contribution in [1.82, 2.24) is 24.3 Å². The van der Waals surface area contributed by atoms with Crippen molar-refractivity contribution in [2.75, 3.05) is 32.0 Å². The molecule has 1 fully saturated rings.